The van der Waals surface area contributed by atoms with Gasteiger partial charge in [-0.3, -0.25) is 14.6 Å². The van der Waals surface area contributed by atoms with E-state index in [2.05, 4.69) is 35.7 Å². The molecule has 0 radical (unpaired) electrons. The molecule has 3 heterocycles. The number of carbonyl (C=O) groups excluding carboxylic acids is 1. The summed E-state index contributed by atoms with van der Waals surface area (Å²) in [5, 5.41) is 9.28. The second-order valence-electron chi connectivity index (χ2n) is 8.76. The molecule has 2 atom stereocenters. The van der Waals surface area contributed by atoms with E-state index in [0.717, 1.165) is 16.9 Å². The molecule has 2 N–H and O–H groups in total. The predicted molar refractivity (Wildman–Crippen MR) is 102 cm³/mol. The number of aromatic amines is 1. The van der Waals surface area contributed by atoms with Gasteiger partial charge in [0.1, 0.15) is 5.82 Å². The number of nitrogens with one attached hydrogen (secondary N) is 1. The second-order valence-corrected chi connectivity index (χ2v) is 8.76. The van der Waals surface area contributed by atoms with Gasteiger partial charge in [0.2, 0.25) is 5.91 Å². The van der Waals surface area contributed by atoms with Gasteiger partial charge in [0, 0.05) is 38.5 Å². The van der Waals surface area contributed by atoms with Crippen molar-refractivity contribution in [2.24, 2.45) is 17.3 Å². The van der Waals surface area contributed by atoms with E-state index in [4.69, 9.17) is 0 Å². The summed E-state index contributed by atoms with van der Waals surface area (Å²) in [5.74, 6) is 0.312. The van der Waals surface area contributed by atoms with Gasteiger partial charge >= 0.3 is 5.97 Å². The summed E-state index contributed by atoms with van der Waals surface area (Å²) in [4.78, 5) is 37.8. The number of carboxylic acid groups (broad SMARTS) is 1. The molecule has 1 fully saturated rings. The topological polar surface area (TPSA) is 99.2 Å². The zero-order valence-corrected chi connectivity index (χ0v) is 16.2. The van der Waals surface area contributed by atoms with Gasteiger partial charge in [-0.15, -0.1) is 0 Å². The molecule has 0 saturated carbocycles. The summed E-state index contributed by atoms with van der Waals surface area (Å²) in [6.07, 6.45) is 5.42. The molecule has 0 aliphatic carbocycles. The Bertz CT molecular complexity index is 791. The lowest BCUT2D eigenvalue weighted by molar-refractivity contribution is -0.140. The number of likely N-dealkylation sites (tertiary alicyclic amines) is 1. The van der Waals surface area contributed by atoms with Crippen molar-refractivity contribution in [3.63, 3.8) is 0 Å². The van der Waals surface area contributed by atoms with E-state index >= 15 is 0 Å². The van der Waals surface area contributed by atoms with Gasteiger partial charge in [0.15, 0.2) is 0 Å². The normalized spacial score (nSPS) is 20.8. The van der Waals surface area contributed by atoms with Crippen LogP contribution >= 0.6 is 0 Å². The van der Waals surface area contributed by atoms with Crippen LogP contribution in [-0.2, 0) is 16.0 Å². The lowest BCUT2D eigenvalue weighted by Gasteiger charge is -2.39. The maximum Gasteiger partial charge on any atom is 0.303 e. The third-order valence-corrected chi connectivity index (χ3v) is 5.15. The monoisotopic (exact) mass is 372 g/mol. The number of carboxylic acids is 1. The number of pyridine rings is 1. The SMILES string of the molecule is CC(C)(C)CC(=O)N1CC[C@@H](CC(=O)O)[C@@H](Cc2nc3ccncc3[nH]2)C1. The number of hydrogen-bond acceptors (Lipinski definition) is 4. The Labute approximate surface area is 159 Å². The van der Waals surface area contributed by atoms with Gasteiger partial charge < -0.3 is 15.0 Å². The van der Waals surface area contributed by atoms with E-state index in [0.29, 0.717) is 32.4 Å². The number of nitrogens with zero attached hydrogens (tertiary/aromatic N) is 3. The van der Waals surface area contributed by atoms with Gasteiger partial charge in [-0.05, 0) is 29.7 Å². The zero-order valence-electron chi connectivity index (χ0n) is 16.2. The van der Waals surface area contributed by atoms with E-state index < -0.39 is 5.97 Å². The minimum Gasteiger partial charge on any atom is -0.481 e. The third kappa shape index (κ3) is 5.05. The highest BCUT2D eigenvalue weighted by atomic mass is 16.4. The van der Waals surface area contributed by atoms with Gasteiger partial charge in [0.05, 0.1) is 17.2 Å². The molecule has 0 unspecified atom stereocenters. The quantitative estimate of drug-likeness (QED) is 0.841. The molecule has 1 saturated heterocycles. The van der Waals surface area contributed by atoms with Crippen LogP contribution in [0.5, 0.6) is 0 Å². The van der Waals surface area contributed by atoms with E-state index in [9.17, 15) is 14.7 Å². The van der Waals surface area contributed by atoms with Crippen LogP contribution in [0.25, 0.3) is 11.0 Å². The van der Waals surface area contributed by atoms with Crippen molar-refractivity contribution in [3.8, 4) is 0 Å². The van der Waals surface area contributed by atoms with Gasteiger partial charge in [-0.25, -0.2) is 4.98 Å². The highest BCUT2D eigenvalue weighted by Crippen LogP contribution is 2.31. The third-order valence-electron chi connectivity index (χ3n) is 5.15. The van der Waals surface area contributed by atoms with Crippen molar-refractivity contribution in [3.05, 3.63) is 24.3 Å². The fraction of sp³-hybridized carbons (Fsp3) is 0.600. The molecule has 1 aliphatic heterocycles. The van der Waals surface area contributed by atoms with E-state index in [-0.39, 0.29) is 29.6 Å². The summed E-state index contributed by atoms with van der Waals surface area (Å²) in [7, 11) is 0. The van der Waals surface area contributed by atoms with Crippen molar-refractivity contribution >= 4 is 22.9 Å². The average Bonchev–Trinajstić information content (AvgIpc) is 2.96. The Morgan fingerprint density at radius 3 is 2.78 bits per heavy atom. The number of piperidine rings is 1. The number of aromatic nitrogens is 3. The molecule has 2 aromatic rings. The number of fused-ring (bicyclic) bond motifs is 1. The van der Waals surface area contributed by atoms with Crippen LogP contribution in [0.4, 0.5) is 0 Å². The van der Waals surface area contributed by atoms with Crippen molar-refractivity contribution in [2.75, 3.05) is 13.1 Å². The van der Waals surface area contributed by atoms with Crippen molar-refractivity contribution in [1.29, 1.82) is 0 Å². The summed E-state index contributed by atoms with van der Waals surface area (Å²) < 4.78 is 0. The largest absolute Gasteiger partial charge is 0.481 e. The molecule has 1 aliphatic rings. The first kappa shape index (κ1) is 19.3. The van der Waals surface area contributed by atoms with Crippen LogP contribution in [0, 0.1) is 17.3 Å². The summed E-state index contributed by atoms with van der Waals surface area (Å²) in [6, 6.07) is 1.85. The molecule has 2 aromatic heterocycles. The molecule has 3 rings (SSSR count). The van der Waals surface area contributed by atoms with Crippen molar-refractivity contribution in [1.82, 2.24) is 19.9 Å². The molecule has 27 heavy (non-hydrogen) atoms. The lowest BCUT2D eigenvalue weighted by atomic mass is 9.80. The first-order valence-corrected chi connectivity index (χ1v) is 9.49. The van der Waals surface area contributed by atoms with Crippen LogP contribution in [0.1, 0.15) is 45.9 Å². The Morgan fingerprint density at radius 1 is 1.33 bits per heavy atom. The van der Waals surface area contributed by atoms with E-state index in [1.807, 2.05) is 11.0 Å². The first-order valence-electron chi connectivity index (χ1n) is 9.49. The number of amides is 1. The number of H-pyrrole nitrogens is 1. The molecule has 7 heteroatoms. The van der Waals surface area contributed by atoms with Crippen LogP contribution in [0.3, 0.4) is 0 Å². The Hall–Kier alpha value is -2.44. The molecule has 1 amide bonds. The summed E-state index contributed by atoms with van der Waals surface area (Å²) in [5.41, 5.74) is 1.67. The Kier molecular flexibility index (Phi) is 5.48. The molecule has 146 valence electrons. The highest BCUT2D eigenvalue weighted by Gasteiger charge is 2.34. The Morgan fingerprint density at radius 2 is 2.11 bits per heavy atom. The number of rotatable bonds is 5. The number of hydrogen-bond donors (Lipinski definition) is 2. The van der Waals surface area contributed by atoms with Crippen molar-refractivity contribution in [2.45, 2.75) is 46.5 Å². The predicted octanol–water partition coefficient (Wildman–Crippen LogP) is 2.88. The molecule has 7 nitrogen and oxygen atoms in total. The molecular weight excluding hydrogens is 344 g/mol. The fourth-order valence-electron chi connectivity index (χ4n) is 3.85. The summed E-state index contributed by atoms with van der Waals surface area (Å²) in [6.45, 7) is 7.39. The van der Waals surface area contributed by atoms with Crippen LogP contribution in [0.15, 0.2) is 18.5 Å². The van der Waals surface area contributed by atoms with Gasteiger partial charge in [-0.1, -0.05) is 20.8 Å². The minimum absolute atomic E-state index is 0.0486. The van der Waals surface area contributed by atoms with E-state index in [1.165, 1.54) is 0 Å². The maximum atomic E-state index is 12.7. The van der Waals surface area contributed by atoms with Crippen molar-refractivity contribution < 1.29 is 14.7 Å². The summed E-state index contributed by atoms with van der Waals surface area (Å²) >= 11 is 0. The number of carbonyl (C=O) groups is 2. The van der Waals surface area contributed by atoms with E-state index in [1.54, 1.807) is 12.4 Å². The lowest BCUT2D eigenvalue weighted by Crippen LogP contribution is -2.46. The zero-order chi connectivity index (χ0) is 19.6. The van der Waals surface area contributed by atoms with Gasteiger partial charge in [-0.2, -0.15) is 0 Å². The van der Waals surface area contributed by atoms with Gasteiger partial charge in [0.25, 0.3) is 0 Å². The molecular formula is C20H28N4O3. The fourth-order valence-corrected chi connectivity index (χ4v) is 3.85. The minimum atomic E-state index is -0.784. The Balaban J connectivity index is 1.75. The average molecular weight is 372 g/mol. The maximum absolute atomic E-state index is 12.7. The molecule has 0 bridgehead atoms. The van der Waals surface area contributed by atoms with Crippen LogP contribution in [-0.4, -0.2) is 49.9 Å². The standard InChI is InChI=1S/C20H28N4O3/c1-20(2,3)10-18(25)24-7-5-13(9-19(26)27)14(12-24)8-17-22-15-4-6-21-11-16(15)23-17/h4,6,11,13-14H,5,7-10,12H2,1-3H3,(H,22,23)(H,26,27)/t13-,14-/m0/s1. The smallest absolute Gasteiger partial charge is 0.303 e. The first-order chi connectivity index (χ1) is 12.7. The highest BCUT2D eigenvalue weighted by molar-refractivity contribution is 5.77. The number of aliphatic carboxylic acids is 1. The molecule has 0 aromatic carbocycles. The second kappa shape index (κ2) is 7.66. The molecule has 0 spiro atoms. The number of imidazole rings is 1. The van der Waals surface area contributed by atoms with Crippen LogP contribution in [0.2, 0.25) is 0 Å². The van der Waals surface area contributed by atoms with Crippen LogP contribution < -0.4 is 0 Å².